The highest BCUT2D eigenvalue weighted by Crippen LogP contribution is 2.20. The number of hydrogen-bond donors (Lipinski definition) is 3. The van der Waals surface area contributed by atoms with Gasteiger partial charge in [0.15, 0.2) is 0 Å². The maximum absolute atomic E-state index is 11.9. The minimum Gasteiger partial charge on any atom is -0.480 e. The summed E-state index contributed by atoms with van der Waals surface area (Å²) in [7, 11) is 0. The van der Waals surface area contributed by atoms with Crippen molar-refractivity contribution >= 4 is 17.7 Å². The third-order valence-corrected chi connectivity index (χ3v) is 3.02. The number of carbonyl (C=O) groups excluding carboxylic acids is 1. The van der Waals surface area contributed by atoms with Crippen LogP contribution in [0.25, 0.3) is 0 Å². The van der Waals surface area contributed by atoms with Gasteiger partial charge in [-0.3, -0.25) is 0 Å². The van der Waals surface area contributed by atoms with Crippen LogP contribution in [0.15, 0.2) is 18.2 Å². The summed E-state index contributed by atoms with van der Waals surface area (Å²) in [5.41, 5.74) is 2.14. The molecule has 0 radical (unpaired) electrons. The van der Waals surface area contributed by atoms with E-state index in [4.69, 9.17) is 0 Å². The molecule has 1 aromatic carbocycles. The molecule has 0 aromatic heterocycles. The number of benzene rings is 1. The first-order valence-electron chi connectivity index (χ1n) is 6.49. The first kappa shape index (κ1) is 16.0. The van der Waals surface area contributed by atoms with Gasteiger partial charge in [-0.05, 0) is 30.9 Å². The van der Waals surface area contributed by atoms with Crippen molar-refractivity contribution in [2.45, 2.75) is 40.7 Å². The number of urea groups is 1. The number of amides is 2. The monoisotopic (exact) mass is 278 g/mol. The van der Waals surface area contributed by atoms with E-state index in [9.17, 15) is 14.7 Å². The molecule has 0 saturated carbocycles. The highest BCUT2D eigenvalue weighted by Gasteiger charge is 2.32. The number of hydrogen-bond acceptors (Lipinski definition) is 2. The van der Waals surface area contributed by atoms with E-state index in [2.05, 4.69) is 10.6 Å². The molecule has 0 saturated heterocycles. The molecular weight excluding hydrogens is 256 g/mol. The number of anilines is 1. The largest absolute Gasteiger partial charge is 0.480 e. The predicted octanol–water partition coefficient (Wildman–Crippen LogP) is 2.92. The number of carboxylic acid groups (broad SMARTS) is 1. The molecular formula is C15H22N2O3. The van der Waals surface area contributed by atoms with Crippen LogP contribution in [0.4, 0.5) is 10.5 Å². The topological polar surface area (TPSA) is 78.4 Å². The van der Waals surface area contributed by atoms with Crippen LogP contribution in [-0.4, -0.2) is 23.1 Å². The number of carboxylic acids is 1. The summed E-state index contributed by atoms with van der Waals surface area (Å²) in [6.45, 7) is 9.16. The van der Waals surface area contributed by atoms with Crippen LogP contribution in [0.3, 0.4) is 0 Å². The molecule has 1 rings (SSSR count). The summed E-state index contributed by atoms with van der Waals surface area (Å²) >= 11 is 0. The molecule has 1 atom stereocenters. The zero-order valence-corrected chi connectivity index (χ0v) is 12.6. The van der Waals surface area contributed by atoms with Gasteiger partial charge >= 0.3 is 12.0 Å². The Morgan fingerprint density at radius 3 is 2.25 bits per heavy atom. The summed E-state index contributed by atoms with van der Waals surface area (Å²) in [5.74, 6) is -1.05. The van der Waals surface area contributed by atoms with Crippen LogP contribution in [-0.2, 0) is 4.79 Å². The van der Waals surface area contributed by atoms with Crippen molar-refractivity contribution in [2.75, 3.05) is 5.32 Å². The van der Waals surface area contributed by atoms with Gasteiger partial charge in [0.2, 0.25) is 0 Å². The van der Waals surface area contributed by atoms with Crippen LogP contribution in [0.5, 0.6) is 0 Å². The van der Waals surface area contributed by atoms with Gasteiger partial charge in [-0.1, -0.05) is 38.5 Å². The molecule has 1 aromatic rings. The summed E-state index contributed by atoms with van der Waals surface area (Å²) < 4.78 is 0. The lowest BCUT2D eigenvalue weighted by Crippen LogP contribution is -2.50. The van der Waals surface area contributed by atoms with E-state index >= 15 is 0 Å². The normalized spacial score (nSPS) is 12.7. The van der Waals surface area contributed by atoms with Gasteiger partial charge in [0.05, 0.1) is 0 Å². The van der Waals surface area contributed by atoms with Gasteiger partial charge < -0.3 is 15.7 Å². The molecule has 20 heavy (non-hydrogen) atoms. The molecule has 5 nitrogen and oxygen atoms in total. The van der Waals surface area contributed by atoms with Crippen LogP contribution >= 0.6 is 0 Å². The Morgan fingerprint density at radius 2 is 1.80 bits per heavy atom. The zero-order chi connectivity index (χ0) is 15.5. The van der Waals surface area contributed by atoms with Gasteiger partial charge in [-0.25, -0.2) is 9.59 Å². The van der Waals surface area contributed by atoms with Crippen molar-refractivity contribution in [3.8, 4) is 0 Å². The average molecular weight is 278 g/mol. The van der Waals surface area contributed by atoms with Gasteiger partial charge in [-0.15, -0.1) is 0 Å². The molecule has 0 aliphatic rings. The number of nitrogens with one attached hydrogen (secondary N) is 2. The lowest BCUT2D eigenvalue weighted by Gasteiger charge is -2.27. The lowest BCUT2D eigenvalue weighted by molar-refractivity contribution is -0.141. The van der Waals surface area contributed by atoms with Crippen molar-refractivity contribution in [2.24, 2.45) is 5.41 Å². The predicted molar refractivity (Wildman–Crippen MR) is 78.9 cm³/mol. The average Bonchev–Trinajstić information content (AvgIpc) is 2.28. The van der Waals surface area contributed by atoms with Crippen molar-refractivity contribution in [3.05, 3.63) is 29.3 Å². The minimum absolute atomic E-state index is 0.515. The Balaban J connectivity index is 2.79. The molecule has 3 N–H and O–H groups in total. The fourth-order valence-corrected chi connectivity index (χ4v) is 1.89. The van der Waals surface area contributed by atoms with Crippen molar-refractivity contribution in [1.82, 2.24) is 5.32 Å². The third-order valence-electron chi connectivity index (χ3n) is 3.02. The van der Waals surface area contributed by atoms with Crippen LogP contribution in [0.2, 0.25) is 0 Å². The molecule has 0 aliphatic carbocycles. The van der Waals surface area contributed by atoms with Gasteiger partial charge in [0, 0.05) is 5.69 Å². The van der Waals surface area contributed by atoms with E-state index in [0.29, 0.717) is 5.69 Å². The minimum atomic E-state index is -1.05. The molecule has 0 fully saturated rings. The first-order valence-corrected chi connectivity index (χ1v) is 6.49. The molecule has 0 spiro atoms. The quantitative estimate of drug-likeness (QED) is 0.795. The molecule has 0 unspecified atom stereocenters. The number of aliphatic carboxylic acids is 1. The fraction of sp³-hybridized carbons (Fsp3) is 0.467. The Kier molecular flexibility index (Phi) is 4.76. The molecule has 0 aliphatic heterocycles. The standard InChI is InChI=1S/C15H22N2O3/c1-9-6-7-11(10(2)8-9)16-14(20)17-12(13(18)19)15(3,4)5/h6-8,12H,1-5H3,(H,18,19)(H2,16,17,20)/t12-/m0/s1. The summed E-state index contributed by atoms with van der Waals surface area (Å²) in [6, 6.07) is 4.18. The maximum atomic E-state index is 11.9. The SMILES string of the molecule is Cc1ccc(NC(=O)N[C@@H](C(=O)O)C(C)(C)C)c(C)c1. The van der Waals surface area contributed by atoms with Crippen molar-refractivity contribution < 1.29 is 14.7 Å². The van der Waals surface area contributed by atoms with E-state index in [-0.39, 0.29) is 0 Å². The molecule has 110 valence electrons. The second-order valence-corrected chi connectivity index (χ2v) is 6.05. The van der Waals surface area contributed by atoms with Gasteiger partial charge in [-0.2, -0.15) is 0 Å². The smallest absolute Gasteiger partial charge is 0.326 e. The van der Waals surface area contributed by atoms with Crippen molar-refractivity contribution in [3.63, 3.8) is 0 Å². The van der Waals surface area contributed by atoms with Crippen LogP contribution < -0.4 is 10.6 Å². The van der Waals surface area contributed by atoms with Crippen molar-refractivity contribution in [1.29, 1.82) is 0 Å². The highest BCUT2D eigenvalue weighted by molar-refractivity contribution is 5.93. The zero-order valence-electron chi connectivity index (χ0n) is 12.6. The number of carbonyl (C=O) groups is 2. The Hall–Kier alpha value is -2.04. The van der Waals surface area contributed by atoms with E-state index in [1.807, 2.05) is 26.0 Å². The van der Waals surface area contributed by atoms with Gasteiger partial charge in [0.1, 0.15) is 6.04 Å². The molecule has 5 heteroatoms. The maximum Gasteiger partial charge on any atom is 0.326 e. The van der Waals surface area contributed by atoms with Crippen LogP contribution in [0.1, 0.15) is 31.9 Å². The summed E-state index contributed by atoms with van der Waals surface area (Å²) in [4.78, 5) is 23.1. The van der Waals surface area contributed by atoms with E-state index in [0.717, 1.165) is 11.1 Å². The van der Waals surface area contributed by atoms with Gasteiger partial charge in [0.25, 0.3) is 0 Å². The lowest BCUT2D eigenvalue weighted by atomic mass is 9.87. The van der Waals surface area contributed by atoms with E-state index in [1.54, 1.807) is 26.8 Å². The second-order valence-electron chi connectivity index (χ2n) is 6.05. The van der Waals surface area contributed by atoms with E-state index < -0.39 is 23.5 Å². The van der Waals surface area contributed by atoms with E-state index in [1.165, 1.54) is 0 Å². The Morgan fingerprint density at radius 1 is 1.20 bits per heavy atom. The number of rotatable bonds is 3. The third kappa shape index (κ3) is 4.26. The molecule has 2 amide bonds. The van der Waals surface area contributed by atoms with Crippen LogP contribution in [0, 0.1) is 19.3 Å². The molecule has 0 bridgehead atoms. The second kappa shape index (κ2) is 5.94. The summed E-state index contributed by atoms with van der Waals surface area (Å²) in [6.07, 6.45) is 0. The Labute approximate surface area is 119 Å². The summed E-state index contributed by atoms with van der Waals surface area (Å²) in [5, 5.41) is 14.4. The number of aryl methyl sites for hydroxylation is 2. The Bertz CT molecular complexity index is 518. The fourth-order valence-electron chi connectivity index (χ4n) is 1.89. The first-order chi connectivity index (χ1) is 9.11. The molecule has 0 heterocycles. The highest BCUT2D eigenvalue weighted by atomic mass is 16.4.